The second kappa shape index (κ2) is 12.9. The normalized spacial score (nSPS) is 14.2. The average molecular weight is 522 g/mol. The summed E-state index contributed by atoms with van der Waals surface area (Å²) in [5, 5.41) is 4.16. The van der Waals surface area contributed by atoms with Crippen molar-refractivity contribution in [3.05, 3.63) is 54.2 Å². The van der Waals surface area contributed by atoms with Crippen LogP contribution in [0.4, 0.5) is 5.95 Å². The number of nitrogens with two attached hydrogens (primary N) is 3. The van der Waals surface area contributed by atoms with Gasteiger partial charge in [-0.25, -0.2) is 9.97 Å². The fourth-order valence-corrected chi connectivity index (χ4v) is 3.87. The second-order valence-electron chi connectivity index (χ2n) is 9.17. The van der Waals surface area contributed by atoms with Crippen molar-refractivity contribution < 1.29 is 9.59 Å². The smallest absolute Gasteiger partial charge is 0.281 e. The molecule has 0 saturated heterocycles. The molecule has 0 unspecified atom stereocenters. The lowest BCUT2D eigenvalue weighted by Gasteiger charge is -2.41. The Labute approximate surface area is 224 Å². The summed E-state index contributed by atoms with van der Waals surface area (Å²) < 4.78 is 1.51. The van der Waals surface area contributed by atoms with Gasteiger partial charge in [0.25, 0.3) is 5.91 Å². The topological polar surface area (TPSA) is 181 Å². The number of hydrogen-bond acceptors (Lipinski definition) is 7. The Hall–Kier alpha value is -4.15. The van der Waals surface area contributed by atoms with Crippen LogP contribution in [0.15, 0.2) is 48.1 Å². The second-order valence-corrected chi connectivity index (χ2v) is 9.17. The van der Waals surface area contributed by atoms with Gasteiger partial charge in [-0.05, 0) is 38.3 Å². The van der Waals surface area contributed by atoms with E-state index >= 15 is 0 Å². The molecular formula is C27H39N9O2. The maximum atomic E-state index is 12.8. The number of aromatic nitrogens is 5. The van der Waals surface area contributed by atoms with E-state index in [0.29, 0.717) is 5.69 Å². The molecule has 1 aliphatic rings. The zero-order valence-electron chi connectivity index (χ0n) is 23.1. The molecule has 2 amide bonds. The van der Waals surface area contributed by atoms with Crippen molar-refractivity contribution in [1.82, 2.24) is 24.7 Å². The van der Waals surface area contributed by atoms with Crippen LogP contribution in [0.2, 0.25) is 0 Å². The first-order valence-electron chi connectivity index (χ1n) is 12.9. The van der Waals surface area contributed by atoms with Gasteiger partial charge in [-0.2, -0.15) is 10.1 Å². The van der Waals surface area contributed by atoms with E-state index in [1.54, 1.807) is 38.6 Å². The monoisotopic (exact) mass is 521 g/mol. The lowest BCUT2D eigenvalue weighted by atomic mass is 9.64. The highest BCUT2D eigenvalue weighted by molar-refractivity contribution is 6.06. The van der Waals surface area contributed by atoms with Crippen LogP contribution in [0.25, 0.3) is 11.3 Å². The lowest BCUT2D eigenvalue weighted by Crippen LogP contribution is -2.47. The molecule has 1 saturated carbocycles. The first-order valence-corrected chi connectivity index (χ1v) is 12.9. The highest BCUT2D eigenvalue weighted by Gasteiger charge is 2.43. The zero-order chi connectivity index (χ0) is 28.5. The maximum absolute atomic E-state index is 12.8. The minimum Gasteiger partial charge on any atom is -0.386 e. The van der Waals surface area contributed by atoms with Crippen LogP contribution in [-0.4, -0.2) is 42.4 Å². The van der Waals surface area contributed by atoms with E-state index in [1.807, 2.05) is 39.8 Å². The van der Waals surface area contributed by atoms with Crippen LogP contribution in [0.1, 0.15) is 76.7 Å². The minimum atomic E-state index is -0.803. The van der Waals surface area contributed by atoms with Gasteiger partial charge < -0.3 is 17.2 Å². The van der Waals surface area contributed by atoms with Crippen LogP contribution in [0, 0.1) is 5.41 Å². The average Bonchev–Trinajstić information content (AvgIpc) is 3.35. The van der Waals surface area contributed by atoms with Gasteiger partial charge in [0.2, 0.25) is 11.9 Å². The third kappa shape index (κ3) is 6.58. The number of nitrogen functional groups attached to an aromatic ring is 1. The van der Waals surface area contributed by atoms with E-state index < -0.39 is 22.6 Å². The van der Waals surface area contributed by atoms with Gasteiger partial charge in [-0.1, -0.05) is 40.2 Å². The molecule has 0 aliphatic heterocycles. The number of carbonyl (C=O) groups excluding carboxylic acids is 2. The maximum Gasteiger partial charge on any atom is 0.281 e. The Kier molecular flexibility index (Phi) is 10.2. The molecule has 204 valence electrons. The molecule has 6 N–H and O–H groups in total. The fourth-order valence-electron chi connectivity index (χ4n) is 3.87. The number of carbonyl (C=O) groups is 2. The molecule has 1 fully saturated rings. The van der Waals surface area contributed by atoms with Crippen molar-refractivity contribution in [2.45, 2.75) is 72.8 Å². The van der Waals surface area contributed by atoms with Crippen molar-refractivity contribution >= 4 is 23.6 Å². The highest BCUT2D eigenvalue weighted by Crippen LogP contribution is 2.44. The van der Waals surface area contributed by atoms with Gasteiger partial charge in [0, 0.05) is 30.4 Å². The molecular weight excluding hydrogens is 482 g/mol. The number of pyridine rings is 1. The summed E-state index contributed by atoms with van der Waals surface area (Å²) >= 11 is 0. The van der Waals surface area contributed by atoms with Gasteiger partial charge in [0.15, 0.2) is 0 Å². The first kappa shape index (κ1) is 30.1. The van der Waals surface area contributed by atoms with Crippen LogP contribution in [0.5, 0.6) is 0 Å². The number of anilines is 1. The molecule has 4 rings (SSSR count). The summed E-state index contributed by atoms with van der Waals surface area (Å²) in [7, 11) is 0. The molecule has 11 heteroatoms. The van der Waals surface area contributed by atoms with Crippen molar-refractivity contribution in [3.63, 3.8) is 0 Å². The number of amidine groups is 1. The summed E-state index contributed by atoms with van der Waals surface area (Å²) in [5.41, 5.74) is 18.6. The fraction of sp³-hybridized carbons (Fsp3) is 0.444. The van der Waals surface area contributed by atoms with Crippen LogP contribution in [0.3, 0.4) is 0 Å². The Bertz CT molecular complexity index is 1240. The Balaban J connectivity index is 0.00000121. The number of rotatable bonds is 7. The van der Waals surface area contributed by atoms with Gasteiger partial charge in [0.05, 0.1) is 34.8 Å². The number of amides is 2. The highest BCUT2D eigenvalue weighted by atomic mass is 16.2. The standard InChI is InChI=1S/C23H27N9O2.2C2H6/c1-22(2,20(25)34)13-32-12-15(10-30-32)18(33)31-19(24)23(6-3-7-23)16-4-5-17(27-11-16)14-8-28-21(26)29-9-14;2*1-2/h4-5,8-12H,3,6-7,13H2,1-2H3,(H2,25,34)(H2,24,31,33)(H2,26,28,29);2*1-2H3. The minimum absolute atomic E-state index is 0.199. The SMILES string of the molecule is CC.CC.CC(C)(Cn1cc(C(=O)N=C(N)C2(c3ccc(-c4cnc(N)nc4)nc3)CCC2)cn1)C(N)=O. The molecule has 0 atom stereocenters. The largest absolute Gasteiger partial charge is 0.386 e. The summed E-state index contributed by atoms with van der Waals surface area (Å²) in [5.74, 6) is -0.493. The van der Waals surface area contributed by atoms with E-state index in [9.17, 15) is 9.59 Å². The molecule has 3 heterocycles. The van der Waals surface area contributed by atoms with E-state index in [1.165, 1.54) is 10.9 Å². The van der Waals surface area contributed by atoms with Gasteiger partial charge in [-0.15, -0.1) is 0 Å². The number of aliphatic imine (C=N–C) groups is 1. The molecule has 38 heavy (non-hydrogen) atoms. The van der Waals surface area contributed by atoms with Gasteiger partial charge in [-0.3, -0.25) is 19.3 Å². The lowest BCUT2D eigenvalue weighted by molar-refractivity contribution is -0.126. The zero-order valence-corrected chi connectivity index (χ0v) is 23.1. The molecule has 11 nitrogen and oxygen atoms in total. The third-order valence-electron chi connectivity index (χ3n) is 6.31. The van der Waals surface area contributed by atoms with E-state index in [0.717, 1.165) is 30.4 Å². The summed E-state index contributed by atoms with van der Waals surface area (Å²) in [6.45, 7) is 11.7. The Morgan fingerprint density at radius 1 is 1.00 bits per heavy atom. The Morgan fingerprint density at radius 2 is 1.63 bits per heavy atom. The Morgan fingerprint density at radius 3 is 2.13 bits per heavy atom. The molecule has 0 aromatic carbocycles. The van der Waals surface area contributed by atoms with Crippen molar-refractivity contribution in [1.29, 1.82) is 0 Å². The molecule has 0 bridgehead atoms. The summed E-state index contributed by atoms with van der Waals surface area (Å²) in [4.78, 5) is 41.1. The summed E-state index contributed by atoms with van der Waals surface area (Å²) in [6, 6.07) is 3.80. The van der Waals surface area contributed by atoms with Crippen molar-refractivity contribution in [2.75, 3.05) is 5.73 Å². The third-order valence-corrected chi connectivity index (χ3v) is 6.31. The predicted molar refractivity (Wildman–Crippen MR) is 149 cm³/mol. The number of primary amides is 1. The number of nitrogens with zero attached hydrogens (tertiary/aromatic N) is 6. The van der Waals surface area contributed by atoms with Gasteiger partial charge in [0.1, 0.15) is 5.84 Å². The van der Waals surface area contributed by atoms with Crippen LogP contribution < -0.4 is 17.2 Å². The molecule has 3 aromatic heterocycles. The quantitative estimate of drug-likeness (QED) is 0.312. The van der Waals surface area contributed by atoms with E-state index in [2.05, 4.69) is 25.0 Å². The molecule has 0 radical (unpaired) electrons. The van der Waals surface area contributed by atoms with E-state index in [-0.39, 0.29) is 23.9 Å². The molecule has 3 aromatic rings. The molecule has 0 spiro atoms. The summed E-state index contributed by atoms with van der Waals surface area (Å²) in [6.07, 6.45) is 10.4. The van der Waals surface area contributed by atoms with Crippen LogP contribution >= 0.6 is 0 Å². The molecule has 1 aliphatic carbocycles. The van der Waals surface area contributed by atoms with Crippen LogP contribution in [-0.2, 0) is 16.8 Å². The predicted octanol–water partition coefficient (Wildman–Crippen LogP) is 3.50. The number of hydrogen-bond donors (Lipinski definition) is 3. The first-order chi connectivity index (χ1) is 18.1. The van der Waals surface area contributed by atoms with Crippen molar-refractivity contribution in [2.24, 2.45) is 21.9 Å². The van der Waals surface area contributed by atoms with Crippen molar-refractivity contribution in [3.8, 4) is 11.3 Å². The van der Waals surface area contributed by atoms with E-state index in [4.69, 9.17) is 17.2 Å². The van der Waals surface area contributed by atoms with Gasteiger partial charge >= 0.3 is 0 Å².